The third-order valence-corrected chi connectivity index (χ3v) is 2.81. The molecular weight excluding hydrogens is 241 g/mol. The fourth-order valence-corrected chi connectivity index (χ4v) is 2.03. The molecule has 3 unspecified atom stereocenters. The van der Waals surface area contributed by atoms with Gasteiger partial charge in [0, 0.05) is 6.04 Å². The molecule has 0 aromatic heterocycles. The maximum Gasteiger partial charge on any atom is 0.407 e. The summed E-state index contributed by atoms with van der Waals surface area (Å²) in [5.41, 5.74) is -0.660. The van der Waals surface area contributed by atoms with Crippen LogP contribution in [0.1, 0.15) is 40.0 Å². The van der Waals surface area contributed by atoms with E-state index in [9.17, 15) is 14.0 Å². The first kappa shape index (κ1) is 14.7. The zero-order valence-corrected chi connectivity index (χ0v) is 10.9. The van der Waals surface area contributed by atoms with Crippen molar-refractivity contribution in [3.8, 4) is 0 Å². The number of ether oxygens (including phenoxy) is 1. The first-order chi connectivity index (χ1) is 8.19. The zero-order valence-electron chi connectivity index (χ0n) is 10.9. The van der Waals surface area contributed by atoms with Crippen LogP contribution < -0.4 is 5.32 Å². The van der Waals surface area contributed by atoms with Crippen LogP contribution in [0.4, 0.5) is 9.18 Å². The number of aliphatic carboxylic acids is 1. The number of amides is 1. The Labute approximate surface area is 106 Å². The van der Waals surface area contributed by atoms with E-state index in [1.165, 1.54) is 0 Å². The fourth-order valence-electron chi connectivity index (χ4n) is 2.03. The second-order valence-electron chi connectivity index (χ2n) is 5.61. The van der Waals surface area contributed by atoms with Gasteiger partial charge in [0.2, 0.25) is 0 Å². The topological polar surface area (TPSA) is 75.6 Å². The molecule has 0 bridgehead atoms. The largest absolute Gasteiger partial charge is 0.481 e. The second-order valence-corrected chi connectivity index (χ2v) is 5.61. The summed E-state index contributed by atoms with van der Waals surface area (Å²) in [6, 6.07) is -0.707. The van der Waals surface area contributed by atoms with Gasteiger partial charge in [0.05, 0.1) is 5.92 Å². The molecule has 0 radical (unpaired) electrons. The Balaban J connectivity index is 2.61. The molecule has 1 aliphatic rings. The zero-order chi connectivity index (χ0) is 13.9. The summed E-state index contributed by atoms with van der Waals surface area (Å²) in [4.78, 5) is 22.6. The molecule has 1 aliphatic carbocycles. The molecule has 0 saturated heterocycles. The molecule has 1 fully saturated rings. The van der Waals surface area contributed by atoms with Crippen LogP contribution in [0.15, 0.2) is 0 Å². The van der Waals surface area contributed by atoms with Gasteiger partial charge < -0.3 is 15.2 Å². The highest BCUT2D eigenvalue weighted by atomic mass is 19.1. The minimum Gasteiger partial charge on any atom is -0.481 e. The molecule has 1 saturated carbocycles. The average Bonchev–Trinajstić information content (AvgIpc) is 2.13. The van der Waals surface area contributed by atoms with Crippen LogP contribution in [-0.2, 0) is 9.53 Å². The number of carboxylic acid groups (broad SMARTS) is 1. The van der Waals surface area contributed by atoms with Gasteiger partial charge in [-0.15, -0.1) is 0 Å². The van der Waals surface area contributed by atoms with Crippen molar-refractivity contribution in [2.24, 2.45) is 5.92 Å². The summed E-state index contributed by atoms with van der Waals surface area (Å²) in [5.74, 6) is -1.76. The van der Waals surface area contributed by atoms with Crippen LogP contribution in [0.2, 0.25) is 0 Å². The van der Waals surface area contributed by atoms with Crippen LogP contribution in [-0.4, -0.2) is 35.0 Å². The van der Waals surface area contributed by atoms with Crippen molar-refractivity contribution in [2.45, 2.75) is 57.8 Å². The Morgan fingerprint density at radius 1 is 1.33 bits per heavy atom. The molecule has 1 amide bonds. The molecule has 3 atom stereocenters. The first-order valence-electron chi connectivity index (χ1n) is 6.05. The van der Waals surface area contributed by atoms with Crippen LogP contribution in [0.25, 0.3) is 0 Å². The van der Waals surface area contributed by atoms with E-state index >= 15 is 0 Å². The van der Waals surface area contributed by atoms with Crippen molar-refractivity contribution < 1.29 is 23.8 Å². The third kappa shape index (κ3) is 4.50. The van der Waals surface area contributed by atoms with Gasteiger partial charge in [0.25, 0.3) is 0 Å². The smallest absolute Gasteiger partial charge is 0.407 e. The van der Waals surface area contributed by atoms with Crippen LogP contribution in [0.5, 0.6) is 0 Å². The highest BCUT2D eigenvalue weighted by Gasteiger charge is 2.36. The summed E-state index contributed by atoms with van der Waals surface area (Å²) in [7, 11) is 0. The minimum absolute atomic E-state index is 0.0240. The van der Waals surface area contributed by atoms with E-state index in [0.717, 1.165) is 0 Å². The number of carbonyl (C=O) groups excluding carboxylic acids is 1. The van der Waals surface area contributed by atoms with Gasteiger partial charge in [-0.3, -0.25) is 4.79 Å². The van der Waals surface area contributed by atoms with Crippen molar-refractivity contribution >= 4 is 12.1 Å². The van der Waals surface area contributed by atoms with Gasteiger partial charge in [-0.25, -0.2) is 9.18 Å². The monoisotopic (exact) mass is 261 g/mol. The number of carboxylic acids is 1. The lowest BCUT2D eigenvalue weighted by atomic mass is 9.83. The number of carbonyl (C=O) groups is 2. The third-order valence-electron chi connectivity index (χ3n) is 2.81. The quantitative estimate of drug-likeness (QED) is 0.798. The number of nitrogens with one attached hydrogen (secondary N) is 1. The summed E-state index contributed by atoms with van der Waals surface area (Å²) in [5, 5.41) is 11.5. The van der Waals surface area contributed by atoms with Gasteiger partial charge in [-0.1, -0.05) is 0 Å². The molecule has 5 nitrogen and oxygen atoms in total. The molecule has 0 aromatic carbocycles. The van der Waals surface area contributed by atoms with Crippen LogP contribution in [0.3, 0.4) is 0 Å². The Morgan fingerprint density at radius 2 is 1.94 bits per heavy atom. The predicted molar refractivity (Wildman–Crippen MR) is 63.0 cm³/mol. The minimum atomic E-state index is -1.07. The summed E-state index contributed by atoms with van der Waals surface area (Å²) in [6.45, 7) is 5.13. The second kappa shape index (κ2) is 5.54. The lowest BCUT2D eigenvalue weighted by Gasteiger charge is -2.31. The molecule has 1 rings (SSSR count). The lowest BCUT2D eigenvalue weighted by molar-refractivity contribution is -0.144. The maximum atomic E-state index is 13.3. The van der Waals surface area contributed by atoms with Crippen molar-refractivity contribution in [3.63, 3.8) is 0 Å². The molecule has 6 heteroatoms. The number of hydrogen-bond acceptors (Lipinski definition) is 3. The Hall–Kier alpha value is -1.33. The van der Waals surface area contributed by atoms with Crippen LogP contribution in [0, 0.1) is 5.92 Å². The van der Waals surface area contributed by atoms with Gasteiger partial charge in [-0.05, 0) is 40.0 Å². The summed E-state index contributed by atoms with van der Waals surface area (Å²) >= 11 is 0. The highest BCUT2D eigenvalue weighted by molar-refractivity contribution is 5.73. The van der Waals surface area contributed by atoms with E-state index in [4.69, 9.17) is 9.84 Å². The number of rotatable bonds is 2. The normalized spacial score (nSPS) is 28.6. The lowest BCUT2D eigenvalue weighted by Crippen LogP contribution is -2.48. The van der Waals surface area contributed by atoms with Crippen LogP contribution >= 0.6 is 0 Å². The number of alkyl halides is 1. The van der Waals surface area contributed by atoms with Crippen molar-refractivity contribution in [1.29, 1.82) is 0 Å². The maximum absolute atomic E-state index is 13.3. The standard InChI is InChI=1S/C12H20FNO4/c1-12(2,3)18-11(17)14-9-6-7(13)4-5-8(9)10(15)16/h7-9H,4-6H2,1-3H3,(H,14,17)(H,15,16). The molecule has 18 heavy (non-hydrogen) atoms. The van der Waals surface area contributed by atoms with Gasteiger partial charge >= 0.3 is 12.1 Å². The van der Waals surface area contributed by atoms with Gasteiger partial charge in [0.15, 0.2) is 0 Å². The molecule has 0 heterocycles. The van der Waals surface area contributed by atoms with Gasteiger partial charge in [-0.2, -0.15) is 0 Å². The Morgan fingerprint density at radius 3 is 2.44 bits per heavy atom. The van der Waals surface area contributed by atoms with E-state index in [1.54, 1.807) is 20.8 Å². The van der Waals surface area contributed by atoms with E-state index in [1.807, 2.05) is 0 Å². The average molecular weight is 261 g/mol. The SMILES string of the molecule is CC(C)(C)OC(=O)NC1CC(F)CCC1C(=O)O. The molecule has 2 N–H and O–H groups in total. The van der Waals surface area contributed by atoms with E-state index in [-0.39, 0.29) is 19.3 Å². The van der Waals surface area contributed by atoms with E-state index in [2.05, 4.69) is 5.32 Å². The predicted octanol–water partition coefficient (Wildman–Crippen LogP) is 2.10. The molecule has 0 spiro atoms. The summed E-state index contributed by atoms with van der Waals surface area (Å²) in [6.07, 6.45) is -1.29. The highest BCUT2D eigenvalue weighted by Crippen LogP contribution is 2.27. The Kier molecular flexibility index (Phi) is 4.53. The van der Waals surface area contributed by atoms with E-state index in [0.29, 0.717) is 0 Å². The Bertz CT molecular complexity index is 327. The van der Waals surface area contributed by atoms with Crippen molar-refractivity contribution in [1.82, 2.24) is 5.32 Å². The molecule has 104 valence electrons. The molecular formula is C12H20FNO4. The first-order valence-corrected chi connectivity index (χ1v) is 6.05. The van der Waals surface area contributed by atoms with Crippen molar-refractivity contribution in [3.05, 3.63) is 0 Å². The van der Waals surface area contributed by atoms with Gasteiger partial charge in [0.1, 0.15) is 11.8 Å². The number of alkyl carbamates (subject to hydrolysis) is 1. The fraction of sp³-hybridized carbons (Fsp3) is 0.833. The number of halogens is 1. The molecule has 0 aliphatic heterocycles. The van der Waals surface area contributed by atoms with Crippen molar-refractivity contribution in [2.75, 3.05) is 0 Å². The molecule has 0 aromatic rings. The van der Waals surface area contributed by atoms with E-state index < -0.39 is 35.8 Å². The number of hydrogen-bond donors (Lipinski definition) is 2. The summed E-state index contributed by atoms with van der Waals surface area (Å²) < 4.78 is 18.3.